The zero-order valence-corrected chi connectivity index (χ0v) is 11.0. The van der Waals surface area contributed by atoms with Gasteiger partial charge in [0.25, 0.3) is 5.56 Å². The molecule has 3 rings (SSSR count). The Morgan fingerprint density at radius 1 is 1.53 bits per heavy atom. The van der Waals surface area contributed by atoms with Gasteiger partial charge in [-0.25, -0.2) is 9.67 Å². The molecule has 3 aromatic rings. The van der Waals surface area contributed by atoms with E-state index in [1.807, 2.05) is 11.4 Å². The fourth-order valence-corrected chi connectivity index (χ4v) is 2.80. The van der Waals surface area contributed by atoms with Gasteiger partial charge in [-0.1, -0.05) is 0 Å². The van der Waals surface area contributed by atoms with Gasteiger partial charge in [0.1, 0.15) is 0 Å². The molecule has 0 radical (unpaired) electrons. The molecule has 7 heteroatoms. The van der Waals surface area contributed by atoms with Gasteiger partial charge in [-0.3, -0.25) is 4.79 Å². The number of hydrogen-bond donors (Lipinski definition) is 1. The first-order valence-electron chi connectivity index (χ1n) is 4.87. The van der Waals surface area contributed by atoms with Gasteiger partial charge >= 0.3 is 0 Å². The number of aromatic amines is 1. The quantitative estimate of drug-likeness (QED) is 0.787. The number of thiophene rings is 1. The van der Waals surface area contributed by atoms with Crippen LogP contribution in [0.15, 0.2) is 32.6 Å². The highest BCUT2D eigenvalue weighted by molar-refractivity contribution is 9.11. The van der Waals surface area contributed by atoms with Crippen LogP contribution in [0.1, 0.15) is 5.56 Å². The molecule has 0 aliphatic carbocycles. The highest BCUT2D eigenvalue weighted by Gasteiger charge is 2.08. The van der Waals surface area contributed by atoms with Gasteiger partial charge in [0.2, 0.25) is 0 Å². The summed E-state index contributed by atoms with van der Waals surface area (Å²) in [6.07, 6.45) is 3.11. The minimum atomic E-state index is -0.179. The first-order chi connectivity index (χ1) is 8.25. The number of nitrogens with zero attached hydrogens (tertiary/aromatic N) is 3. The molecule has 3 aromatic heterocycles. The molecule has 0 spiro atoms. The molecule has 0 fully saturated rings. The van der Waals surface area contributed by atoms with Crippen molar-refractivity contribution >= 4 is 38.3 Å². The third-order valence-electron chi connectivity index (χ3n) is 2.45. The number of aromatic nitrogens is 4. The largest absolute Gasteiger partial charge is 0.343 e. The van der Waals surface area contributed by atoms with Crippen LogP contribution in [-0.2, 0) is 6.54 Å². The Morgan fingerprint density at radius 2 is 2.41 bits per heavy atom. The van der Waals surface area contributed by atoms with Gasteiger partial charge in [-0.2, -0.15) is 5.10 Å². The van der Waals surface area contributed by atoms with Gasteiger partial charge in [0, 0.05) is 0 Å². The lowest BCUT2D eigenvalue weighted by molar-refractivity contribution is 0.646. The van der Waals surface area contributed by atoms with Crippen LogP contribution in [0, 0.1) is 0 Å². The van der Waals surface area contributed by atoms with Gasteiger partial charge in [-0.15, -0.1) is 11.3 Å². The summed E-state index contributed by atoms with van der Waals surface area (Å²) in [5.41, 5.74) is 1.95. The summed E-state index contributed by atoms with van der Waals surface area (Å²) < 4.78 is 2.43. The van der Waals surface area contributed by atoms with Crippen molar-refractivity contribution in [2.45, 2.75) is 6.54 Å². The lowest BCUT2D eigenvalue weighted by Crippen LogP contribution is -2.23. The number of imidazole rings is 1. The SMILES string of the molecule is O=c1c2nc[nH]c2cnn1Cc1ccsc1Br. The summed E-state index contributed by atoms with van der Waals surface area (Å²) in [7, 11) is 0. The standard InChI is InChI=1S/C10H7BrN4OS/c11-9-6(1-2-17-9)4-15-10(16)8-7(3-14-15)12-5-13-8/h1-3,5H,4H2,(H,12,13). The monoisotopic (exact) mass is 310 g/mol. The van der Waals surface area contributed by atoms with Crippen LogP contribution in [0.3, 0.4) is 0 Å². The first-order valence-corrected chi connectivity index (χ1v) is 6.54. The van der Waals surface area contributed by atoms with Crippen molar-refractivity contribution in [1.82, 2.24) is 19.7 Å². The molecule has 0 amide bonds. The van der Waals surface area contributed by atoms with E-state index in [0.717, 1.165) is 9.35 Å². The normalized spacial score (nSPS) is 11.1. The Labute approximate surface area is 108 Å². The molecule has 0 atom stereocenters. The molecule has 86 valence electrons. The van der Waals surface area contributed by atoms with Crippen LogP contribution in [0.4, 0.5) is 0 Å². The molecule has 0 saturated heterocycles. The van der Waals surface area contributed by atoms with Gasteiger partial charge in [0.15, 0.2) is 5.52 Å². The predicted molar refractivity (Wildman–Crippen MR) is 69.3 cm³/mol. The van der Waals surface area contributed by atoms with Crippen molar-refractivity contribution in [2.75, 3.05) is 0 Å². The molecule has 0 bridgehead atoms. The van der Waals surface area contributed by atoms with Crippen LogP contribution in [0.5, 0.6) is 0 Å². The summed E-state index contributed by atoms with van der Waals surface area (Å²) in [6.45, 7) is 0.450. The van der Waals surface area contributed by atoms with Crippen molar-refractivity contribution in [3.63, 3.8) is 0 Å². The highest BCUT2D eigenvalue weighted by atomic mass is 79.9. The molecule has 0 aliphatic heterocycles. The van der Waals surface area contributed by atoms with E-state index < -0.39 is 0 Å². The molecule has 17 heavy (non-hydrogen) atoms. The van der Waals surface area contributed by atoms with E-state index in [4.69, 9.17) is 0 Å². The second kappa shape index (κ2) is 4.08. The highest BCUT2D eigenvalue weighted by Crippen LogP contribution is 2.23. The van der Waals surface area contributed by atoms with Crippen LogP contribution >= 0.6 is 27.3 Å². The third kappa shape index (κ3) is 1.81. The number of rotatable bonds is 2. The van der Waals surface area contributed by atoms with E-state index >= 15 is 0 Å². The molecule has 3 heterocycles. The third-order valence-corrected chi connectivity index (χ3v) is 4.26. The summed E-state index contributed by atoms with van der Waals surface area (Å²) in [5.74, 6) is 0. The van der Waals surface area contributed by atoms with Crippen LogP contribution in [-0.4, -0.2) is 19.7 Å². The Balaban J connectivity index is 2.09. The topological polar surface area (TPSA) is 63.6 Å². The molecule has 1 N–H and O–H groups in total. The first kappa shape index (κ1) is 10.7. The number of hydrogen-bond acceptors (Lipinski definition) is 4. The smallest absolute Gasteiger partial charge is 0.295 e. The lowest BCUT2D eigenvalue weighted by Gasteiger charge is -2.02. The van der Waals surface area contributed by atoms with Crippen molar-refractivity contribution in [1.29, 1.82) is 0 Å². The summed E-state index contributed by atoms with van der Waals surface area (Å²) >= 11 is 5.03. The van der Waals surface area contributed by atoms with Crippen molar-refractivity contribution in [2.24, 2.45) is 0 Å². The van der Waals surface area contributed by atoms with E-state index in [2.05, 4.69) is 31.0 Å². The summed E-state index contributed by atoms with van der Waals surface area (Å²) in [6, 6.07) is 1.97. The second-order valence-corrected chi connectivity index (χ2v) is 5.73. The molecule has 0 saturated carbocycles. The fraction of sp³-hybridized carbons (Fsp3) is 0.100. The maximum absolute atomic E-state index is 12.0. The van der Waals surface area contributed by atoms with Gasteiger partial charge in [-0.05, 0) is 32.9 Å². The molecule has 0 aromatic carbocycles. The van der Waals surface area contributed by atoms with E-state index in [-0.39, 0.29) is 5.56 Å². The fourth-order valence-electron chi connectivity index (χ4n) is 1.58. The molecule has 0 unspecified atom stereocenters. The summed E-state index contributed by atoms with van der Waals surface area (Å²) in [4.78, 5) is 18.9. The predicted octanol–water partition coefficient (Wildman–Crippen LogP) is 1.99. The minimum Gasteiger partial charge on any atom is -0.343 e. The Morgan fingerprint density at radius 3 is 3.18 bits per heavy atom. The van der Waals surface area contributed by atoms with Crippen LogP contribution < -0.4 is 5.56 Å². The van der Waals surface area contributed by atoms with Crippen LogP contribution in [0.25, 0.3) is 11.0 Å². The molecular formula is C10H7BrN4OS. The zero-order valence-electron chi connectivity index (χ0n) is 8.55. The number of nitrogens with one attached hydrogen (secondary N) is 1. The van der Waals surface area contributed by atoms with E-state index in [0.29, 0.717) is 17.6 Å². The summed E-state index contributed by atoms with van der Waals surface area (Å²) in [5, 5.41) is 6.08. The zero-order chi connectivity index (χ0) is 11.8. The minimum absolute atomic E-state index is 0.179. The average molecular weight is 311 g/mol. The van der Waals surface area contributed by atoms with Crippen molar-refractivity contribution < 1.29 is 0 Å². The molecule has 5 nitrogen and oxygen atoms in total. The Kier molecular flexibility index (Phi) is 2.56. The van der Waals surface area contributed by atoms with Gasteiger partial charge < -0.3 is 4.98 Å². The molecular weight excluding hydrogens is 304 g/mol. The van der Waals surface area contributed by atoms with E-state index in [1.54, 1.807) is 17.5 Å². The maximum atomic E-state index is 12.0. The van der Waals surface area contributed by atoms with Crippen LogP contribution in [0.2, 0.25) is 0 Å². The van der Waals surface area contributed by atoms with E-state index in [1.165, 1.54) is 11.0 Å². The Hall–Kier alpha value is -1.47. The second-order valence-electron chi connectivity index (χ2n) is 3.49. The number of H-pyrrole nitrogens is 1. The van der Waals surface area contributed by atoms with Crippen molar-refractivity contribution in [3.8, 4) is 0 Å². The Bertz CT molecular complexity index is 729. The lowest BCUT2D eigenvalue weighted by atomic mass is 10.3. The molecule has 0 aliphatic rings. The van der Waals surface area contributed by atoms with E-state index in [9.17, 15) is 4.79 Å². The van der Waals surface area contributed by atoms with Crippen molar-refractivity contribution in [3.05, 3.63) is 43.7 Å². The average Bonchev–Trinajstić information content (AvgIpc) is 2.92. The number of fused-ring (bicyclic) bond motifs is 1. The van der Waals surface area contributed by atoms with Gasteiger partial charge in [0.05, 0.1) is 28.4 Å². The maximum Gasteiger partial charge on any atom is 0.295 e. The number of halogens is 1.